The SMILES string of the molecule is Cc1cc(C)c(N2c3cc4c(cc3B3c5sc6ccccc6c5Oc5cc(C67CC8CC(CC(C8)C6)C7)cc2c53)B2c3cc5c(cc3N(c3c(C)cc(C)cc3C)c3cc(C67CC8CC(CC(C8)C6)C7)cc(c32)N4c2c(C)cc(C)cc2C)Nc2cc(C34CC6CC(CC(C6)C3)C4)cc3c2B5c2sc4ccccc4c2N3c2ccccc2)c(C)c1. The molecule has 0 amide bonds. The minimum absolute atomic E-state index is 0.0488. The lowest BCUT2D eigenvalue weighted by molar-refractivity contribution is -0.00531. The van der Waals surface area contributed by atoms with Gasteiger partial charge in [-0.25, -0.2) is 0 Å². The van der Waals surface area contributed by atoms with Gasteiger partial charge in [0.2, 0.25) is 0 Å². The highest BCUT2D eigenvalue weighted by molar-refractivity contribution is 7.34. The molecule has 31 rings (SSSR count). The Kier molecular flexibility index (Phi) is 14.1. The molecular formula is C109H102B3N5OS2. The second-order valence-electron chi connectivity index (χ2n) is 42.4. The van der Waals surface area contributed by atoms with E-state index < -0.39 is 0 Å². The maximum atomic E-state index is 7.93. The maximum Gasteiger partial charge on any atom is 0.268 e. The van der Waals surface area contributed by atoms with E-state index in [1.54, 1.807) is 11.1 Å². The second kappa shape index (κ2) is 24.2. The summed E-state index contributed by atoms with van der Waals surface area (Å²) in [4.78, 5) is 11.4. The van der Waals surface area contributed by atoms with E-state index in [9.17, 15) is 0 Å². The van der Waals surface area contributed by atoms with E-state index >= 15 is 0 Å². The lowest BCUT2D eigenvalue weighted by atomic mass is 9.30. The first-order valence-electron chi connectivity index (χ1n) is 46.3. The Morgan fingerprint density at radius 2 is 0.692 bits per heavy atom. The summed E-state index contributed by atoms with van der Waals surface area (Å²) in [5, 5.41) is 7.17. The normalized spacial score (nSPS) is 27.3. The van der Waals surface area contributed by atoms with Crippen LogP contribution >= 0.6 is 22.7 Å². The van der Waals surface area contributed by atoms with Crippen LogP contribution in [0.25, 0.3) is 20.2 Å². The molecule has 18 aliphatic rings. The van der Waals surface area contributed by atoms with Gasteiger partial charge in [-0.2, -0.15) is 0 Å². The van der Waals surface area contributed by atoms with Crippen molar-refractivity contribution >= 4 is 190 Å². The van der Waals surface area contributed by atoms with Gasteiger partial charge in [-0.05, 0) is 415 Å². The molecule has 1 N–H and O–H groups in total. The number of fused-ring (bicyclic) bond motifs is 16. The van der Waals surface area contributed by atoms with Crippen molar-refractivity contribution in [3.63, 3.8) is 0 Å². The molecule has 12 bridgehead atoms. The number of para-hydroxylation sites is 1. The molecule has 11 aromatic carbocycles. The van der Waals surface area contributed by atoms with Crippen molar-refractivity contribution in [3.8, 4) is 11.5 Å². The van der Waals surface area contributed by atoms with Gasteiger partial charge in [-0.3, -0.25) is 0 Å². The van der Waals surface area contributed by atoms with Crippen LogP contribution in [0.1, 0.15) is 182 Å². The van der Waals surface area contributed by atoms with Gasteiger partial charge < -0.3 is 29.7 Å². The number of benzene rings is 11. The highest BCUT2D eigenvalue weighted by atomic mass is 32.1. The molecule has 12 saturated carbocycles. The molecule has 6 aliphatic heterocycles. The van der Waals surface area contributed by atoms with E-state index in [2.05, 4.69) is 263 Å². The zero-order valence-electron chi connectivity index (χ0n) is 70.9. The quantitative estimate of drug-likeness (QED) is 0.160. The minimum atomic E-state index is -0.186. The van der Waals surface area contributed by atoms with E-state index in [1.807, 2.05) is 22.7 Å². The predicted octanol–water partition coefficient (Wildman–Crippen LogP) is 23.1. The van der Waals surface area contributed by atoms with E-state index in [0.717, 1.165) is 64.8 Å². The van der Waals surface area contributed by atoms with Crippen LogP contribution in [0, 0.1) is 116 Å². The van der Waals surface area contributed by atoms with Crippen molar-refractivity contribution in [1.82, 2.24) is 0 Å². The third-order valence-corrected chi connectivity index (χ3v) is 37.0. The van der Waals surface area contributed by atoms with Crippen molar-refractivity contribution in [2.24, 2.45) is 53.3 Å². The van der Waals surface area contributed by atoms with Gasteiger partial charge in [0.05, 0.1) is 22.7 Å². The molecule has 8 heterocycles. The summed E-state index contributed by atoms with van der Waals surface area (Å²) in [6, 6.07) is 73.1. The van der Waals surface area contributed by atoms with Crippen molar-refractivity contribution in [2.45, 2.75) is 194 Å². The molecular weight excluding hydrogens is 1490 g/mol. The van der Waals surface area contributed by atoms with Gasteiger partial charge in [-0.1, -0.05) is 114 Å². The summed E-state index contributed by atoms with van der Waals surface area (Å²) >= 11 is 4.03. The average molecular weight is 1590 g/mol. The molecule has 11 heteroatoms. The van der Waals surface area contributed by atoms with Crippen LogP contribution in [-0.2, 0) is 16.2 Å². The number of thiophene rings is 2. The summed E-state index contributed by atoms with van der Waals surface area (Å²) in [5.74, 6) is 9.26. The summed E-state index contributed by atoms with van der Waals surface area (Å²) in [7, 11) is 0. The molecule has 0 atom stereocenters. The van der Waals surface area contributed by atoms with Crippen LogP contribution in [0.3, 0.4) is 0 Å². The lowest BCUT2D eigenvalue weighted by Gasteiger charge is -2.57. The van der Waals surface area contributed by atoms with Crippen LogP contribution in [0.4, 0.5) is 79.6 Å². The number of aryl methyl sites for hydroxylation is 9. The minimum Gasteiger partial charge on any atom is -0.457 e. The predicted molar refractivity (Wildman–Crippen MR) is 508 cm³/mol. The smallest absolute Gasteiger partial charge is 0.268 e. The summed E-state index contributed by atoms with van der Waals surface area (Å²) < 4.78 is 13.3. The first kappa shape index (κ1) is 69.9. The molecule has 2 aromatic heterocycles. The molecule has 590 valence electrons. The van der Waals surface area contributed by atoms with Crippen LogP contribution in [0.2, 0.25) is 0 Å². The van der Waals surface area contributed by atoms with Crippen LogP contribution in [0.15, 0.2) is 176 Å². The number of ether oxygens (including phenoxy) is 1. The van der Waals surface area contributed by atoms with Gasteiger partial charge in [0, 0.05) is 86.6 Å². The van der Waals surface area contributed by atoms with Crippen molar-refractivity contribution in [2.75, 3.05) is 24.9 Å². The molecule has 13 aromatic rings. The molecule has 120 heavy (non-hydrogen) atoms. The molecule has 0 spiro atoms. The molecule has 0 radical (unpaired) electrons. The Morgan fingerprint density at radius 3 is 1.18 bits per heavy atom. The average Bonchev–Trinajstić information content (AvgIpc) is 0.804. The van der Waals surface area contributed by atoms with Gasteiger partial charge in [0.15, 0.2) is 0 Å². The number of anilines is 14. The highest BCUT2D eigenvalue weighted by Crippen LogP contribution is 2.67. The Balaban J connectivity index is 0.764. The summed E-state index contributed by atoms with van der Waals surface area (Å²) in [6.45, 7) is 21.2. The van der Waals surface area contributed by atoms with E-state index in [0.29, 0.717) is 0 Å². The third kappa shape index (κ3) is 9.45. The first-order chi connectivity index (χ1) is 58.4. The third-order valence-electron chi connectivity index (χ3n) is 34.5. The molecule has 0 unspecified atom stereocenters. The monoisotopic (exact) mass is 1590 g/mol. The Morgan fingerprint density at radius 1 is 0.317 bits per heavy atom. The molecule has 12 aliphatic carbocycles. The van der Waals surface area contributed by atoms with E-state index in [4.69, 9.17) is 4.74 Å². The van der Waals surface area contributed by atoms with Crippen molar-refractivity contribution in [1.29, 1.82) is 0 Å². The number of rotatable bonds is 7. The Labute approximate surface area is 716 Å². The lowest BCUT2D eigenvalue weighted by Crippen LogP contribution is -2.66. The van der Waals surface area contributed by atoms with Crippen molar-refractivity contribution in [3.05, 3.63) is 243 Å². The second-order valence-corrected chi connectivity index (χ2v) is 44.6. The fraction of sp³-hybridized carbons (Fsp3) is 0.358. The number of hydrogen-bond acceptors (Lipinski definition) is 8. The van der Waals surface area contributed by atoms with Gasteiger partial charge in [-0.15, -0.1) is 22.7 Å². The maximum absolute atomic E-state index is 7.93. The largest absolute Gasteiger partial charge is 0.457 e. The molecule has 0 saturated heterocycles. The fourth-order valence-electron chi connectivity index (χ4n) is 31.9. The van der Waals surface area contributed by atoms with Gasteiger partial charge in [0.1, 0.15) is 11.5 Å². The van der Waals surface area contributed by atoms with E-state index in [1.165, 1.54) is 319 Å². The van der Waals surface area contributed by atoms with Gasteiger partial charge in [0.25, 0.3) is 20.1 Å². The topological polar surface area (TPSA) is 34.2 Å². The molecule has 6 nitrogen and oxygen atoms in total. The van der Waals surface area contributed by atoms with Gasteiger partial charge >= 0.3 is 0 Å². The zero-order chi connectivity index (χ0) is 79.5. The van der Waals surface area contributed by atoms with Crippen LogP contribution in [0.5, 0.6) is 11.5 Å². The van der Waals surface area contributed by atoms with E-state index in [-0.39, 0.29) is 36.4 Å². The zero-order valence-corrected chi connectivity index (χ0v) is 72.5. The molecule has 12 fully saturated rings. The summed E-state index contributed by atoms with van der Waals surface area (Å²) in [5.41, 5.74) is 44.9. The highest BCUT2D eigenvalue weighted by Gasteiger charge is 2.59. The van der Waals surface area contributed by atoms with Crippen LogP contribution < -0.4 is 77.4 Å². The number of hydrogen-bond donors (Lipinski definition) is 1. The Bertz CT molecular complexity index is 6650. The number of nitrogens with zero attached hydrogens (tertiary/aromatic N) is 4. The number of nitrogens with one attached hydrogen (secondary N) is 1. The Hall–Kier alpha value is -9.67. The summed E-state index contributed by atoms with van der Waals surface area (Å²) in [6.07, 6.45) is 24.3. The van der Waals surface area contributed by atoms with Crippen LogP contribution in [-0.4, -0.2) is 20.1 Å². The van der Waals surface area contributed by atoms with Crippen molar-refractivity contribution < 1.29 is 4.74 Å². The standard InChI is InChI=1S/C109H102B3N5OS2/c1-57-23-60(4)100(61(5)24-57)115-87-46-85-81(111-97-86(113-85)38-75(107-48-66-29-67(49-107)31-68(30-66)50-107)39-90(97)114(78-17-11-10-12-18-78)103-79-19-13-15-21-95(79)119-105(103)111)44-82(87)110-83-45-84-89(47-88(83)116(101-62(6)25-58(2)26-63(101)7)92-41-76(40-91(115)98(92)110)108-51-69-32-70(52-108)34-71(33-69)53-108)117(102-64(8)27-59(3)28-65(102)9)93-42-77(109-54-72-35-73(55-109)37-74(36-72)56-109)43-94-99(93)112(84)106-104(118-94)80-20-14-16-22-96(80)120-106/h10-28,38-47,66-74,113H,29-37,48-56H2,1-9H3. The first-order valence-corrected chi connectivity index (χ1v) is 47.9. The fourth-order valence-corrected chi connectivity index (χ4v) is 34.5.